The molecule has 1 aliphatic carbocycles. The predicted molar refractivity (Wildman–Crippen MR) is 108 cm³/mol. The van der Waals surface area contributed by atoms with Gasteiger partial charge in [-0.15, -0.1) is 0 Å². The molecule has 0 N–H and O–H groups in total. The number of carbonyl (C=O) groups is 1. The Kier molecular flexibility index (Phi) is 4.42. The molecule has 148 valence electrons. The number of rotatable bonds is 3. The van der Waals surface area contributed by atoms with E-state index in [2.05, 4.69) is 39.4 Å². The molecule has 3 heterocycles. The second kappa shape index (κ2) is 7.10. The largest absolute Gasteiger partial charge is 0.339 e. The van der Waals surface area contributed by atoms with Crippen molar-refractivity contribution in [3.63, 3.8) is 0 Å². The topological polar surface area (TPSA) is 72.1 Å². The van der Waals surface area contributed by atoms with Crippen molar-refractivity contribution in [2.24, 2.45) is 0 Å². The average molecular weight is 388 g/mol. The molecule has 0 saturated carbocycles. The molecule has 6 nitrogen and oxygen atoms in total. The summed E-state index contributed by atoms with van der Waals surface area (Å²) in [4.78, 5) is 24.0. The van der Waals surface area contributed by atoms with E-state index in [0.29, 0.717) is 37.1 Å². The molecule has 2 aromatic heterocycles. The van der Waals surface area contributed by atoms with E-state index in [1.54, 1.807) is 6.92 Å². The molecule has 1 aromatic carbocycles. The van der Waals surface area contributed by atoms with E-state index in [4.69, 9.17) is 4.52 Å². The molecule has 1 aliphatic heterocycles. The van der Waals surface area contributed by atoms with Crippen LogP contribution >= 0.6 is 0 Å². The third kappa shape index (κ3) is 3.22. The molecule has 6 heteroatoms. The number of fused-ring (bicyclic) bond motifs is 2. The van der Waals surface area contributed by atoms with Crippen molar-refractivity contribution in [2.75, 3.05) is 6.54 Å². The minimum Gasteiger partial charge on any atom is -0.339 e. The SMILES string of the molecule is Cc1nc(-c2c(C)ncc3c2CCN(C(=O)CC2CCc4ccccc42)C3)no1. The molecule has 1 unspecified atom stereocenters. The van der Waals surface area contributed by atoms with Gasteiger partial charge in [-0.25, -0.2) is 0 Å². The lowest BCUT2D eigenvalue weighted by molar-refractivity contribution is -0.132. The summed E-state index contributed by atoms with van der Waals surface area (Å²) >= 11 is 0. The smallest absolute Gasteiger partial charge is 0.223 e. The number of aromatic nitrogens is 3. The van der Waals surface area contributed by atoms with Crippen LogP contribution in [0.2, 0.25) is 0 Å². The van der Waals surface area contributed by atoms with Crippen molar-refractivity contribution in [1.82, 2.24) is 20.0 Å². The molecular formula is C23H24N4O2. The number of pyridine rings is 1. The lowest BCUT2D eigenvalue weighted by Gasteiger charge is -2.31. The van der Waals surface area contributed by atoms with Crippen LogP contribution in [-0.4, -0.2) is 32.5 Å². The van der Waals surface area contributed by atoms with Gasteiger partial charge in [0.2, 0.25) is 17.6 Å². The molecule has 2 aliphatic rings. The Morgan fingerprint density at radius 1 is 1.21 bits per heavy atom. The first-order chi connectivity index (χ1) is 14.1. The maximum Gasteiger partial charge on any atom is 0.223 e. The molecular weight excluding hydrogens is 364 g/mol. The first kappa shape index (κ1) is 18.0. The van der Waals surface area contributed by atoms with Gasteiger partial charge in [-0.3, -0.25) is 9.78 Å². The average Bonchev–Trinajstić information content (AvgIpc) is 3.34. The van der Waals surface area contributed by atoms with E-state index in [-0.39, 0.29) is 5.91 Å². The Labute approximate surface area is 170 Å². The van der Waals surface area contributed by atoms with Crippen LogP contribution in [-0.2, 0) is 24.2 Å². The summed E-state index contributed by atoms with van der Waals surface area (Å²) in [6.45, 7) is 5.07. The quantitative estimate of drug-likeness (QED) is 0.683. The molecule has 5 rings (SSSR count). The molecule has 0 saturated heterocycles. The van der Waals surface area contributed by atoms with Crippen LogP contribution in [0, 0.1) is 13.8 Å². The number of aryl methyl sites for hydroxylation is 3. The summed E-state index contributed by atoms with van der Waals surface area (Å²) in [6, 6.07) is 8.53. The standard InChI is InChI=1S/C23H24N4O2/c1-14-22(23-25-15(2)29-26-23)20-9-10-27(13-18(20)12-24-14)21(28)11-17-8-7-16-5-3-4-6-19(16)17/h3-6,12,17H,7-11,13H2,1-2H3. The van der Waals surface area contributed by atoms with Gasteiger partial charge in [-0.05, 0) is 54.4 Å². The Morgan fingerprint density at radius 2 is 2.07 bits per heavy atom. The van der Waals surface area contributed by atoms with Gasteiger partial charge in [0.25, 0.3) is 0 Å². The number of hydrogen-bond donors (Lipinski definition) is 0. The van der Waals surface area contributed by atoms with Crippen molar-refractivity contribution in [3.05, 3.63) is 64.3 Å². The first-order valence-corrected chi connectivity index (χ1v) is 10.2. The minimum atomic E-state index is 0.231. The van der Waals surface area contributed by atoms with Gasteiger partial charge in [-0.2, -0.15) is 4.98 Å². The molecule has 0 spiro atoms. The third-order valence-corrected chi connectivity index (χ3v) is 6.24. The highest BCUT2D eigenvalue weighted by atomic mass is 16.5. The Hall–Kier alpha value is -3.02. The minimum absolute atomic E-state index is 0.231. The molecule has 1 atom stereocenters. The monoisotopic (exact) mass is 388 g/mol. The van der Waals surface area contributed by atoms with Gasteiger partial charge in [-0.1, -0.05) is 29.4 Å². The van der Waals surface area contributed by atoms with Crippen molar-refractivity contribution in [1.29, 1.82) is 0 Å². The second-order valence-corrected chi connectivity index (χ2v) is 8.06. The van der Waals surface area contributed by atoms with Crippen molar-refractivity contribution in [2.45, 2.75) is 52.0 Å². The van der Waals surface area contributed by atoms with Crippen LogP contribution in [0.15, 0.2) is 35.0 Å². The van der Waals surface area contributed by atoms with Crippen LogP contribution in [0.1, 0.15) is 52.6 Å². The van der Waals surface area contributed by atoms with E-state index in [9.17, 15) is 4.79 Å². The number of hydrogen-bond acceptors (Lipinski definition) is 5. The molecule has 1 amide bonds. The van der Waals surface area contributed by atoms with Gasteiger partial charge >= 0.3 is 0 Å². The zero-order valence-corrected chi connectivity index (χ0v) is 16.8. The van der Waals surface area contributed by atoms with Crippen LogP contribution < -0.4 is 0 Å². The maximum atomic E-state index is 13.1. The van der Waals surface area contributed by atoms with E-state index in [1.165, 1.54) is 16.7 Å². The zero-order chi connectivity index (χ0) is 20.0. The predicted octanol–water partition coefficient (Wildman–Crippen LogP) is 3.75. The van der Waals surface area contributed by atoms with Crippen LogP contribution in [0.3, 0.4) is 0 Å². The van der Waals surface area contributed by atoms with Gasteiger partial charge in [0, 0.05) is 43.9 Å². The summed E-state index contributed by atoms with van der Waals surface area (Å²) < 4.78 is 5.17. The number of nitrogens with zero attached hydrogens (tertiary/aromatic N) is 4. The van der Waals surface area contributed by atoms with Gasteiger partial charge in [0.1, 0.15) is 0 Å². The summed E-state index contributed by atoms with van der Waals surface area (Å²) in [6.07, 6.45) is 5.41. The normalized spacial score (nSPS) is 17.9. The van der Waals surface area contributed by atoms with Crippen molar-refractivity contribution in [3.8, 4) is 11.4 Å². The van der Waals surface area contributed by atoms with Gasteiger partial charge in [0.05, 0.1) is 0 Å². The molecule has 0 radical (unpaired) electrons. The molecule has 0 bridgehead atoms. The van der Waals surface area contributed by atoms with Crippen LogP contribution in [0.4, 0.5) is 0 Å². The van der Waals surface area contributed by atoms with Crippen LogP contribution in [0.5, 0.6) is 0 Å². The lowest BCUT2D eigenvalue weighted by Crippen LogP contribution is -2.37. The van der Waals surface area contributed by atoms with Gasteiger partial charge < -0.3 is 9.42 Å². The van der Waals surface area contributed by atoms with E-state index >= 15 is 0 Å². The second-order valence-electron chi connectivity index (χ2n) is 8.06. The van der Waals surface area contributed by atoms with Gasteiger partial charge in [0.15, 0.2) is 0 Å². The summed E-state index contributed by atoms with van der Waals surface area (Å²) in [7, 11) is 0. The highest BCUT2D eigenvalue weighted by Gasteiger charge is 2.29. The number of benzene rings is 1. The highest BCUT2D eigenvalue weighted by molar-refractivity contribution is 5.78. The molecule has 3 aromatic rings. The molecule has 0 fully saturated rings. The Bertz CT molecular complexity index is 1090. The summed E-state index contributed by atoms with van der Waals surface area (Å²) in [5.41, 5.74) is 6.87. The fourth-order valence-corrected chi connectivity index (χ4v) is 4.76. The van der Waals surface area contributed by atoms with E-state index in [0.717, 1.165) is 36.1 Å². The first-order valence-electron chi connectivity index (χ1n) is 10.2. The fourth-order valence-electron chi connectivity index (χ4n) is 4.76. The number of carbonyl (C=O) groups excluding carboxylic acids is 1. The van der Waals surface area contributed by atoms with E-state index < -0.39 is 0 Å². The lowest BCUT2D eigenvalue weighted by atomic mass is 9.93. The van der Waals surface area contributed by atoms with Crippen LogP contribution in [0.25, 0.3) is 11.4 Å². The molecule has 29 heavy (non-hydrogen) atoms. The van der Waals surface area contributed by atoms with E-state index in [1.807, 2.05) is 18.0 Å². The maximum absolute atomic E-state index is 13.1. The fraction of sp³-hybridized carbons (Fsp3) is 0.391. The summed E-state index contributed by atoms with van der Waals surface area (Å²) in [5.74, 6) is 1.71. The van der Waals surface area contributed by atoms with Crippen molar-refractivity contribution >= 4 is 5.91 Å². The Balaban J connectivity index is 1.36. The number of amides is 1. The summed E-state index contributed by atoms with van der Waals surface area (Å²) in [5, 5.41) is 4.09. The third-order valence-electron chi connectivity index (χ3n) is 6.24. The van der Waals surface area contributed by atoms with Crippen molar-refractivity contribution < 1.29 is 9.32 Å². The highest BCUT2D eigenvalue weighted by Crippen LogP contribution is 2.36. The Morgan fingerprint density at radius 3 is 2.90 bits per heavy atom. The zero-order valence-electron chi connectivity index (χ0n) is 16.8.